The summed E-state index contributed by atoms with van der Waals surface area (Å²) >= 11 is 5.83. The fraction of sp³-hybridized carbons (Fsp3) is 0.500. The Balaban J connectivity index is 3.30. The first-order valence-corrected chi connectivity index (χ1v) is 7.35. The maximum Gasteiger partial charge on any atom is 0.175 e. The minimum Gasteiger partial charge on any atom is -0.224 e. The van der Waals surface area contributed by atoms with E-state index < -0.39 is 9.84 Å². The molecule has 0 atom stereocenters. The van der Waals surface area contributed by atoms with Crippen LogP contribution in [0.1, 0.15) is 26.3 Å². The molecule has 1 rings (SSSR count). The number of hydrogen-bond donors (Lipinski definition) is 0. The minimum atomic E-state index is -3.21. The molecule has 0 aliphatic carbocycles. The molecule has 0 bridgehead atoms. The molecular weight excluding hydrogens is 244 g/mol. The van der Waals surface area contributed by atoms with E-state index in [4.69, 9.17) is 11.6 Å². The highest BCUT2D eigenvalue weighted by atomic mass is 35.5. The quantitative estimate of drug-likeness (QED) is 0.817. The molecule has 0 aliphatic heterocycles. The smallest absolute Gasteiger partial charge is 0.175 e. The van der Waals surface area contributed by atoms with Crippen molar-refractivity contribution in [1.29, 1.82) is 0 Å². The lowest BCUT2D eigenvalue weighted by atomic mass is 9.88. The molecule has 0 saturated carbocycles. The van der Waals surface area contributed by atoms with Crippen molar-refractivity contribution in [3.8, 4) is 0 Å². The van der Waals surface area contributed by atoms with Crippen LogP contribution in [-0.4, -0.2) is 14.7 Å². The summed E-state index contributed by atoms with van der Waals surface area (Å²) in [6.07, 6.45) is 1.93. The first kappa shape index (κ1) is 13.5. The maximum atomic E-state index is 11.6. The van der Waals surface area contributed by atoms with Gasteiger partial charge in [0.2, 0.25) is 0 Å². The largest absolute Gasteiger partial charge is 0.224 e. The van der Waals surface area contributed by atoms with E-state index in [0.29, 0.717) is 16.3 Å². The maximum absolute atomic E-state index is 11.6. The van der Waals surface area contributed by atoms with Gasteiger partial charge in [-0.2, -0.15) is 0 Å². The van der Waals surface area contributed by atoms with Gasteiger partial charge in [0, 0.05) is 11.3 Å². The summed E-state index contributed by atoms with van der Waals surface area (Å²) in [6, 6.07) is 5.05. The first-order valence-electron chi connectivity index (χ1n) is 5.08. The molecule has 0 heterocycles. The van der Waals surface area contributed by atoms with Crippen molar-refractivity contribution in [2.45, 2.75) is 32.1 Å². The predicted octanol–water partition coefficient (Wildman–Crippen LogP) is 3.33. The fourth-order valence-electron chi connectivity index (χ4n) is 1.59. The molecule has 0 radical (unpaired) electrons. The third-order valence-corrected chi connectivity index (χ3v) is 3.56. The van der Waals surface area contributed by atoms with E-state index in [9.17, 15) is 8.42 Å². The second-order valence-corrected chi connectivity index (χ2v) is 7.68. The van der Waals surface area contributed by atoms with E-state index >= 15 is 0 Å². The number of rotatable bonds is 2. The Morgan fingerprint density at radius 1 is 1.25 bits per heavy atom. The Hall–Kier alpha value is -0.540. The van der Waals surface area contributed by atoms with Crippen LogP contribution in [0.5, 0.6) is 0 Å². The summed E-state index contributed by atoms with van der Waals surface area (Å²) in [5, 5.41) is 0.457. The van der Waals surface area contributed by atoms with E-state index in [1.54, 1.807) is 12.1 Å². The van der Waals surface area contributed by atoms with Crippen molar-refractivity contribution in [3.05, 3.63) is 28.8 Å². The van der Waals surface area contributed by atoms with Crippen LogP contribution in [0, 0.1) is 5.41 Å². The van der Waals surface area contributed by atoms with E-state index in [1.807, 2.05) is 0 Å². The number of hydrogen-bond acceptors (Lipinski definition) is 2. The lowest BCUT2D eigenvalue weighted by molar-refractivity contribution is 0.408. The Bertz CT molecular complexity index is 484. The highest BCUT2D eigenvalue weighted by Crippen LogP contribution is 2.27. The summed E-state index contributed by atoms with van der Waals surface area (Å²) in [7, 11) is -3.21. The van der Waals surface area contributed by atoms with Gasteiger partial charge in [-0.15, -0.1) is 0 Å². The third-order valence-electron chi connectivity index (χ3n) is 2.15. The van der Waals surface area contributed by atoms with Gasteiger partial charge >= 0.3 is 0 Å². The van der Waals surface area contributed by atoms with Crippen LogP contribution in [0.4, 0.5) is 0 Å². The zero-order chi connectivity index (χ0) is 12.6. The van der Waals surface area contributed by atoms with Crippen LogP contribution < -0.4 is 0 Å². The molecule has 0 amide bonds. The van der Waals surface area contributed by atoms with Crippen LogP contribution in [0.3, 0.4) is 0 Å². The van der Waals surface area contributed by atoms with Crippen molar-refractivity contribution < 1.29 is 8.42 Å². The predicted molar refractivity (Wildman–Crippen MR) is 67.7 cm³/mol. The van der Waals surface area contributed by atoms with Crippen molar-refractivity contribution in [2.75, 3.05) is 6.26 Å². The summed E-state index contributed by atoms with van der Waals surface area (Å²) in [6.45, 7) is 6.23. The molecule has 1 aromatic rings. The van der Waals surface area contributed by atoms with Crippen molar-refractivity contribution in [3.63, 3.8) is 0 Å². The molecular formula is C12H17ClO2S. The van der Waals surface area contributed by atoms with Gasteiger partial charge in [-0.1, -0.05) is 38.4 Å². The van der Waals surface area contributed by atoms with Gasteiger partial charge in [0.15, 0.2) is 9.84 Å². The van der Waals surface area contributed by atoms with Gasteiger partial charge in [-0.25, -0.2) is 8.42 Å². The van der Waals surface area contributed by atoms with Crippen LogP contribution in [-0.2, 0) is 16.3 Å². The molecule has 0 saturated heterocycles. The zero-order valence-electron chi connectivity index (χ0n) is 10.0. The topological polar surface area (TPSA) is 34.1 Å². The van der Waals surface area contributed by atoms with Crippen molar-refractivity contribution >= 4 is 21.4 Å². The average Bonchev–Trinajstić information content (AvgIpc) is 2.04. The molecule has 0 aliphatic rings. The number of halogens is 1. The van der Waals surface area contributed by atoms with Gasteiger partial charge in [-0.3, -0.25) is 0 Å². The Kier molecular flexibility index (Phi) is 3.70. The molecule has 1 aromatic carbocycles. The molecule has 16 heavy (non-hydrogen) atoms. The second-order valence-electron chi connectivity index (χ2n) is 5.26. The molecule has 4 heteroatoms. The van der Waals surface area contributed by atoms with Crippen molar-refractivity contribution in [1.82, 2.24) is 0 Å². The molecule has 0 aromatic heterocycles. The van der Waals surface area contributed by atoms with Gasteiger partial charge in [-0.05, 0) is 29.5 Å². The standard InChI is InChI=1S/C12H17ClO2S/c1-12(2,3)8-9-5-6-10(13)7-11(9)16(4,14)15/h5-7H,8H2,1-4H3. The normalized spacial score (nSPS) is 12.8. The highest BCUT2D eigenvalue weighted by molar-refractivity contribution is 7.90. The van der Waals surface area contributed by atoms with Crippen LogP contribution in [0.25, 0.3) is 0 Å². The van der Waals surface area contributed by atoms with Gasteiger partial charge in [0.05, 0.1) is 4.90 Å². The summed E-state index contributed by atoms with van der Waals surface area (Å²) in [5.74, 6) is 0. The van der Waals surface area contributed by atoms with Gasteiger partial charge in [0.25, 0.3) is 0 Å². The number of sulfone groups is 1. The van der Waals surface area contributed by atoms with E-state index in [-0.39, 0.29) is 5.41 Å². The Morgan fingerprint density at radius 2 is 1.81 bits per heavy atom. The second kappa shape index (κ2) is 4.38. The Morgan fingerprint density at radius 3 is 2.25 bits per heavy atom. The average molecular weight is 261 g/mol. The number of benzene rings is 1. The van der Waals surface area contributed by atoms with Gasteiger partial charge in [0.1, 0.15) is 0 Å². The summed E-state index contributed by atoms with van der Waals surface area (Å²) in [5.41, 5.74) is 0.882. The van der Waals surface area contributed by atoms with Crippen LogP contribution in [0.2, 0.25) is 5.02 Å². The molecule has 0 fully saturated rings. The van der Waals surface area contributed by atoms with E-state index in [1.165, 1.54) is 12.3 Å². The fourth-order valence-corrected chi connectivity index (χ4v) is 2.79. The monoisotopic (exact) mass is 260 g/mol. The summed E-state index contributed by atoms with van der Waals surface area (Å²) in [4.78, 5) is 0.343. The van der Waals surface area contributed by atoms with E-state index in [0.717, 1.165) is 5.56 Å². The van der Waals surface area contributed by atoms with E-state index in [2.05, 4.69) is 20.8 Å². The zero-order valence-corrected chi connectivity index (χ0v) is 11.6. The molecule has 0 unspecified atom stereocenters. The lowest BCUT2D eigenvalue weighted by Crippen LogP contribution is -2.12. The summed E-state index contributed by atoms with van der Waals surface area (Å²) < 4.78 is 23.3. The van der Waals surface area contributed by atoms with Crippen LogP contribution >= 0.6 is 11.6 Å². The minimum absolute atomic E-state index is 0.0489. The highest BCUT2D eigenvalue weighted by Gasteiger charge is 2.19. The van der Waals surface area contributed by atoms with Crippen molar-refractivity contribution in [2.24, 2.45) is 5.41 Å². The van der Waals surface area contributed by atoms with Gasteiger partial charge < -0.3 is 0 Å². The Labute approximate surface area is 103 Å². The molecule has 0 spiro atoms. The first-order chi connectivity index (χ1) is 7.09. The molecule has 0 N–H and O–H groups in total. The lowest BCUT2D eigenvalue weighted by Gasteiger charge is -2.20. The third kappa shape index (κ3) is 3.80. The molecule has 90 valence electrons. The molecule has 2 nitrogen and oxygen atoms in total. The SMILES string of the molecule is CC(C)(C)Cc1ccc(Cl)cc1S(C)(=O)=O. The van der Waals surface area contributed by atoms with Crippen LogP contribution in [0.15, 0.2) is 23.1 Å².